The summed E-state index contributed by atoms with van der Waals surface area (Å²) >= 11 is 0. The molecule has 7 nitrogen and oxygen atoms in total. The third-order valence-corrected chi connectivity index (χ3v) is 3.25. The fraction of sp³-hybridized carbons (Fsp3) is 0.500. The van der Waals surface area contributed by atoms with Crippen molar-refractivity contribution in [2.45, 2.75) is 31.0 Å². The number of nitrogens with zero attached hydrogens (tertiary/aromatic N) is 1. The molecular formula is C12H13FN2O5. The van der Waals surface area contributed by atoms with Crippen LogP contribution in [0.4, 0.5) is 4.39 Å². The van der Waals surface area contributed by atoms with Crippen LogP contribution >= 0.6 is 0 Å². The lowest BCUT2D eigenvalue weighted by atomic mass is 9.97. The molecule has 0 amide bonds. The van der Waals surface area contributed by atoms with E-state index in [1.807, 2.05) is 4.98 Å². The molecule has 8 heteroatoms. The molecule has 2 heterocycles. The minimum Gasteiger partial charge on any atom is -0.394 e. The van der Waals surface area contributed by atoms with Crippen molar-refractivity contribution in [3.05, 3.63) is 32.6 Å². The summed E-state index contributed by atoms with van der Waals surface area (Å²) in [4.78, 5) is 24.9. The van der Waals surface area contributed by atoms with E-state index in [4.69, 9.17) is 16.3 Å². The first-order chi connectivity index (χ1) is 9.35. The molecule has 4 atom stereocenters. The molecule has 0 saturated carbocycles. The molecule has 0 bridgehead atoms. The Morgan fingerprint density at radius 2 is 2.30 bits per heavy atom. The van der Waals surface area contributed by atoms with E-state index in [0.717, 1.165) is 10.6 Å². The minimum atomic E-state index is -2.69. The van der Waals surface area contributed by atoms with Crippen molar-refractivity contribution in [1.82, 2.24) is 9.55 Å². The van der Waals surface area contributed by atoms with Gasteiger partial charge in [0.25, 0.3) is 5.56 Å². The second kappa shape index (κ2) is 4.86. The van der Waals surface area contributed by atoms with Crippen molar-refractivity contribution in [3.63, 3.8) is 0 Å². The molecule has 0 spiro atoms. The van der Waals surface area contributed by atoms with Crippen LogP contribution in [0.5, 0.6) is 0 Å². The number of aromatic nitrogens is 2. The standard InChI is InChI=1S/C12H13FN2O5/c1-3-12(13)9(18)7(5-16)20-10(12)15-6(2)4-8(17)14-11(15)19/h1,4,7,9-10,16,18H,5H2,2H3,(H,14,17,19)/t7-,9+,10-,12?/m1/s1. The van der Waals surface area contributed by atoms with Gasteiger partial charge in [-0.05, 0) is 6.92 Å². The number of ether oxygens (including phenoxy) is 1. The van der Waals surface area contributed by atoms with Crippen molar-refractivity contribution >= 4 is 0 Å². The highest BCUT2D eigenvalue weighted by Gasteiger charge is 2.57. The molecular weight excluding hydrogens is 271 g/mol. The average molecular weight is 284 g/mol. The predicted octanol–water partition coefficient (Wildman–Crippen LogP) is -1.56. The van der Waals surface area contributed by atoms with E-state index in [9.17, 15) is 19.1 Å². The van der Waals surface area contributed by atoms with Crippen molar-refractivity contribution in [1.29, 1.82) is 0 Å². The smallest absolute Gasteiger partial charge is 0.330 e. The summed E-state index contributed by atoms with van der Waals surface area (Å²) in [5, 5.41) is 18.8. The number of hydrogen-bond acceptors (Lipinski definition) is 5. The summed E-state index contributed by atoms with van der Waals surface area (Å²) < 4.78 is 20.7. The number of aromatic amines is 1. The zero-order chi connectivity index (χ0) is 15.1. The van der Waals surface area contributed by atoms with Crippen molar-refractivity contribution in [2.24, 2.45) is 0 Å². The van der Waals surface area contributed by atoms with Gasteiger partial charge in [-0.2, -0.15) is 0 Å². The first-order valence-electron chi connectivity index (χ1n) is 5.78. The lowest BCUT2D eigenvalue weighted by molar-refractivity contribution is -0.0552. The molecule has 1 aromatic heterocycles. The monoisotopic (exact) mass is 284 g/mol. The van der Waals surface area contributed by atoms with Crippen molar-refractivity contribution < 1.29 is 19.3 Å². The van der Waals surface area contributed by atoms with E-state index in [0.29, 0.717) is 0 Å². The molecule has 0 radical (unpaired) electrons. The van der Waals surface area contributed by atoms with Crippen LogP contribution in [-0.2, 0) is 4.74 Å². The predicted molar refractivity (Wildman–Crippen MR) is 65.7 cm³/mol. The summed E-state index contributed by atoms with van der Waals surface area (Å²) in [6.07, 6.45) is 0.409. The number of halogens is 1. The van der Waals surface area contributed by atoms with Crippen molar-refractivity contribution in [2.75, 3.05) is 6.61 Å². The maximum absolute atomic E-state index is 14.7. The first-order valence-corrected chi connectivity index (χ1v) is 5.78. The molecule has 3 N–H and O–H groups in total. The Labute approximate surface area is 112 Å². The average Bonchev–Trinajstić information content (AvgIpc) is 2.63. The molecule has 1 aromatic rings. The number of aliphatic hydroxyl groups excluding tert-OH is 2. The minimum absolute atomic E-state index is 0.117. The van der Waals surface area contributed by atoms with Gasteiger partial charge in [0.2, 0.25) is 5.67 Å². The third-order valence-electron chi connectivity index (χ3n) is 3.25. The van der Waals surface area contributed by atoms with Gasteiger partial charge in [-0.1, -0.05) is 5.92 Å². The van der Waals surface area contributed by atoms with Crippen LogP contribution in [0.1, 0.15) is 11.9 Å². The van der Waals surface area contributed by atoms with Crippen LogP contribution in [0.2, 0.25) is 0 Å². The van der Waals surface area contributed by atoms with Gasteiger partial charge in [-0.3, -0.25) is 14.3 Å². The molecule has 108 valence electrons. The fourth-order valence-electron chi connectivity index (χ4n) is 2.22. The van der Waals surface area contributed by atoms with E-state index < -0.39 is 42.0 Å². The molecule has 1 unspecified atom stereocenters. The Morgan fingerprint density at radius 3 is 2.80 bits per heavy atom. The zero-order valence-electron chi connectivity index (χ0n) is 10.5. The molecule has 2 rings (SSSR count). The maximum atomic E-state index is 14.7. The highest BCUT2D eigenvalue weighted by atomic mass is 19.1. The Kier molecular flexibility index (Phi) is 3.52. The van der Waals surface area contributed by atoms with Crippen LogP contribution in [0.15, 0.2) is 15.7 Å². The summed E-state index contributed by atoms with van der Waals surface area (Å²) in [7, 11) is 0. The van der Waals surface area contributed by atoms with E-state index >= 15 is 0 Å². The molecule has 20 heavy (non-hydrogen) atoms. The number of terminal acetylenes is 1. The second-order valence-corrected chi connectivity index (χ2v) is 4.52. The fourth-order valence-corrected chi connectivity index (χ4v) is 2.22. The lowest BCUT2D eigenvalue weighted by Gasteiger charge is -2.25. The third kappa shape index (κ3) is 1.96. The number of nitrogens with one attached hydrogen (secondary N) is 1. The number of aliphatic hydroxyl groups is 2. The Balaban J connectivity index is 2.61. The van der Waals surface area contributed by atoms with Crippen molar-refractivity contribution in [3.8, 4) is 12.3 Å². The number of alkyl halides is 1. The van der Waals surface area contributed by atoms with Crippen LogP contribution in [0.25, 0.3) is 0 Å². The normalized spacial score (nSPS) is 33.0. The second-order valence-electron chi connectivity index (χ2n) is 4.52. The largest absolute Gasteiger partial charge is 0.394 e. The highest BCUT2D eigenvalue weighted by molar-refractivity contribution is 5.20. The van der Waals surface area contributed by atoms with E-state index in [-0.39, 0.29) is 5.69 Å². The van der Waals surface area contributed by atoms with E-state index in [1.54, 1.807) is 5.92 Å². The first kappa shape index (κ1) is 14.5. The van der Waals surface area contributed by atoms with Crippen LogP contribution in [0, 0.1) is 19.3 Å². The van der Waals surface area contributed by atoms with Gasteiger partial charge < -0.3 is 14.9 Å². The van der Waals surface area contributed by atoms with Gasteiger partial charge in [0.05, 0.1) is 6.61 Å². The van der Waals surface area contributed by atoms with Gasteiger partial charge in [0, 0.05) is 11.8 Å². The Bertz CT molecular complexity index is 676. The number of hydrogen-bond donors (Lipinski definition) is 3. The Hall–Kier alpha value is -1.95. The molecule has 1 fully saturated rings. The molecule has 1 saturated heterocycles. The molecule has 1 aliphatic heterocycles. The number of aryl methyl sites for hydroxylation is 1. The van der Waals surface area contributed by atoms with Gasteiger partial charge in [0.1, 0.15) is 12.2 Å². The van der Waals surface area contributed by atoms with Gasteiger partial charge in [-0.15, -0.1) is 6.42 Å². The van der Waals surface area contributed by atoms with Gasteiger partial charge in [-0.25, -0.2) is 9.18 Å². The van der Waals surface area contributed by atoms with Crippen LogP contribution < -0.4 is 11.2 Å². The molecule has 1 aliphatic rings. The lowest BCUT2D eigenvalue weighted by Crippen LogP contribution is -2.45. The van der Waals surface area contributed by atoms with Gasteiger partial charge in [0.15, 0.2) is 6.23 Å². The van der Waals surface area contributed by atoms with Crippen LogP contribution in [0.3, 0.4) is 0 Å². The highest BCUT2D eigenvalue weighted by Crippen LogP contribution is 2.40. The molecule has 0 aromatic carbocycles. The van der Waals surface area contributed by atoms with E-state index in [1.165, 1.54) is 6.92 Å². The maximum Gasteiger partial charge on any atom is 0.330 e. The summed E-state index contributed by atoms with van der Waals surface area (Å²) in [6, 6.07) is 1.07. The SMILES string of the molecule is C#CC1(F)[C@@H](O)[C@@H](CO)O[C@H]1n1c(C)cc(=O)[nH]c1=O. The summed E-state index contributed by atoms with van der Waals surface area (Å²) in [6.45, 7) is 0.734. The summed E-state index contributed by atoms with van der Waals surface area (Å²) in [5.41, 5.74) is -4.14. The van der Waals surface area contributed by atoms with Gasteiger partial charge >= 0.3 is 5.69 Å². The summed E-state index contributed by atoms with van der Waals surface area (Å²) in [5.74, 6) is 1.77. The van der Waals surface area contributed by atoms with Crippen LogP contribution in [-0.4, -0.2) is 44.2 Å². The number of H-pyrrole nitrogens is 1. The Morgan fingerprint density at radius 1 is 1.65 bits per heavy atom. The topological polar surface area (TPSA) is 105 Å². The van der Waals surface area contributed by atoms with E-state index in [2.05, 4.69) is 0 Å². The number of rotatable bonds is 2. The zero-order valence-corrected chi connectivity index (χ0v) is 10.5. The quantitative estimate of drug-likeness (QED) is 0.570. The molecule has 0 aliphatic carbocycles.